The van der Waals surface area contributed by atoms with E-state index in [0.29, 0.717) is 12.3 Å². The summed E-state index contributed by atoms with van der Waals surface area (Å²) in [5, 5.41) is 2.88. The summed E-state index contributed by atoms with van der Waals surface area (Å²) < 4.78 is 10.8. The van der Waals surface area contributed by atoms with Crippen LogP contribution in [0.25, 0.3) is 0 Å². The lowest BCUT2D eigenvalue weighted by Crippen LogP contribution is -2.30. The molecule has 2 aromatic rings. The monoisotopic (exact) mass is 356 g/mol. The molecule has 0 aliphatic rings. The molecule has 0 bridgehead atoms. The summed E-state index contributed by atoms with van der Waals surface area (Å²) in [7, 11) is 1.65. The van der Waals surface area contributed by atoms with Crippen molar-refractivity contribution in [2.45, 2.75) is 20.3 Å². The van der Waals surface area contributed by atoms with Crippen LogP contribution in [0.2, 0.25) is 0 Å². The molecule has 2 rings (SSSR count). The Morgan fingerprint density at radius 2 is 1.77 bits per heavy atom. The van der Waals surface area contributed by atoms with Crippen LogP contribution in [0.1, 0.15) is 19.4 Å². The van der Waals surface area contributed by atoms with Crippen molar-refractivity contribution in [1.82, 2.24) is 5.32 Å². The van der Waals surface area contributed by atoms with E-state index in [-0.39, 0.29) is 12.5 Å². The topological polar surface area (TPSA) is 50.8 Å². The van der Waals surface area contributed by atoms with Gasteiger partial charge < -0.3 is 19.7 Å². The van der Waals surface area contributed by atoms with Crippen molar-refractivity contribution in [3.8, 4) is 11.5 Å². The van der Waals surface area contributed by atoms with Gasteiger partial charge in [-0.3, -0.25) is 4.79 Å². The third-order valence-electron chi connectivity index (χ3n) is 4.21. The number of ether oxygens (including phenoxy) is 2. The van der Waals surface area contributed by atoms with E-state index in [1.807, 2.05) is 42.5 Å². The minimum atomic E-state index is -0.119. The first-order chi connectivity index (χ1) is 12.7. The first-order valence-corrected chi connectivity index (χ1v) is 9.03. The second kappa shape index (κ2) is 10.3. The molecule has 1 amide bonds. The molecule has 5 heteroatoms. The largest absolute Gasteiger partial charge is 0.497 e. The molecule has 0 unspecified atom stereocenters. The maximum absolute atomic E-state index is 12.0. The van der Waals surface area contributed by atoms with Gasteiger partial charge in [0.25, 0.3) is 5.91 Å². The van der Waals surface area contributed by atoms with E-state index in [1.54, 1.807) is 7.11 Å². The van der Waals surface area contributed by atoms with Gasteiger partial charge in [0.05, 0.1) is 7.11 Å². The highest BCUT2D eigenvalue weighted by Gasteiger charge is 2.06. The summed E-state index contributed by atoms with van der Waals surface area (Å²) in [5.41, 5.74) is 2.26. The first-order valence-electron chi connectivity index (χ1n) is 9.03. The van der Waals surface area contributed by atoms with E-state index < -0.39 is 0 Å². The van der Waals surface area contributed by atoms with E-state index >= 15 is 0 Å². The highest BCUT2D eigenvalue weighted by atomic mass is 16.5. The van der Waals surface area contributed by atoms with Crippen LogP contribution in [0, 0.1) is 0 Å². The maximum Gasteiger partial charge on any atom is 0.257 e. The molecule has 0 aliphatic heterocycles. The van der Waals surface area contributed by atoms with Crippen molar-refractivity contribution in [3.63, 3.8) is 0 Å². The SMILES string of the molecule is CCN(CC)c1cccc(OCC(=O)NCCc2ccc(OC)cc2)c1. The van der Waals surface area contributed by atoms with Crippen molar-refractivity contribution < 1.29 is 14.3 Å². The molecule has 26 heavy (non-hydrogen) atoms. The van der Waals surface area contributed by atoms with Gasteiger partial charge in [0, 0.05) is 31.4 Å². The van der Waals surface area contributed by atoms with Gasteiger partial charge in [-0.25, -0.2) is 0 Å². The van der Waals surface area contributed by atoms with Gasteiger partial charge in [-0.15, -0.1) is 0 Å². The lowest BCUT2D eigenvalue weighted by molar-refractivity contribution is -0.123. The van der Waals surface area contributed by atoms with Gasteiger partial charge >= 0.3 is 0 Å². The number of carbonyl (C=O) groups excluding carboxylic acids is 1. The Balaban J connectivity index is 1.75. The van der Waals surface area contributed by atoms with Gasteiger partial charge in [0.2, 0.25) is 0 Å². The summed E-state index contributed by atoms with van der Waals surface area (Å²) in [6, 6.07) is 15.7. The van der Waals surface area contributed by atoms with Crippen molar-refractivity contribution in [3.05, 3.63) is 54.1 Å². The second-order valence-corrected chi connectivity index (χ2v) is 5.91. The number of methoxy groups -OCH3 is 1. The molecule has 0 aromatic heterocycles. The molecule has 5 nitrogen and oxygen atoms in total. The summed E-state index contributed by atoms with van der Waals surface area (Å²) in [5.74, 6) is 1.42. The molecule has 0 atom stereocenters. The fraction of sp³-hybridized carbons (Fsp3) is 0.381. The minimum Gasteiger partial charge on any atom is -0.497 e. The number of nitrogens with one attached hydrogen (secondary N) is 1. The van der Waals surface area contributed by atoms with Crippen molar-refractivity contribution in [2.75, 3.05) is 38.3 Å². The van der Waals surface area contributed by atoms with Crippen molar-refractivity contribution >= 4 is 11.6 Å². The molecule has 140 valence electrons. The van der Waals surface area contributed by atoms with Gasteiger partial charge in [-0.2, -0.15) is 0 Å². The second-order valence-electron chi connectivity index (χ2n) is 5.91. The van der Waals surface area contributed by atoms with Crippen LogP contribution in [0.15, 0.2) is 48.5 Å². The third-order valence-corrected chi connectivity index (χ3v) is 4.21. The summed E-state index contributed by atoms with van der Waals surface area (Å²) in [6.45, 7) is 6.70. The summed E-state index contributed by atoms with van der Waals surface area (Å²) >= 11 is 0. The van der Waals surface area contributed by atoms with Crippen LogP contribution in [0.5, 0.6) is 11.5 Å². The Morgan fingerprint density at radius 3 is 2.42 bits per heavy atom. The van der Waals surface area contributed by atoms with Gasteiger partial charge in [0.1, 0.15) is 11.5 Å². The fourth-order valence-electron chi connectivity index (χ4n) is 2.70. The highest BCUT2D eigenvalue weighted by Crippen LogP contribution is 2.20. The zero-order chi connectivity index (χ0) is 18.8. The lowest BCUT2D eigenvalue weighted by atomic mass is 10.1. The number of hydrogen-bond donors (Lipinski definition) is 1. The molecule has 0 saturated carbocycles. The Hall–Kier alpha value is -2.69. The normalized spacial score (nSPS) is 10.3. The molecule has 0 spiro atoms. The Bertz CT molecular complexity index is 682. The highest BCUT2D eigenvalue weighted by molar-refractivity contribution is 5.77. The van der Waals surface area contributed by atoms with Crippen molar-refractivity contribution in [1.29, 1.82) is 0 Å². The molecular weight excluding hydrogens is 328 g/mol. The van der Waals surface area contributed by atoms with Crippen molar-refractivity contribution in [2.24, 2.45) is 0 Å². The Morgan fingerprint density at radius 1 is 1.04 bits per heavy atom. The van der Waals surface area contributed by atoms with E-state index in [2.05, 4.69) is 30.1 Å². The van der Waals surface area contributed by atoms with Crippen LogP contribution in [-0.2, 0) is 11.2 Å². The number of benzene rings is 2. The maximum atomic E-state index is 12.0. The molecule has 1 N–H and O–H groups in total. The smallest absolute Gasteiger partial charge is 0.257 e. The number of nitrogens with zero attached hydrogens (tertiary/aromatic N) is 1. The number of hydrogen-bond acceptors (Lipinski definition) is 4. The van der Waals surface area contributed by atoms with Gasteiger partial charge in [-0.05, 0) is 50.1 Å². The van der Waals surface area contributed by atoms with Crippen LogP contribution in [0.3, 0.4) is 0 Å². The van der Waals surface area contributed by atoms with Gasteiger partial charge in [0.15, 0.2) is 6.61 Å². The summed E-state index contributed by atoms with van der Waals surface area (Å²) in [6.07, 6.45) is 0.771. The lowest BCUT2D eigenvalue weighted by Gasteiger charge is -2.21. The molecule has 0 fully saturated rings. The van der Waals surface area contributed by atoms with Crippen LogP contribution in [0.4, 0.5) is 5.69 Å². The predicted molar refractivity (Wildman–Crippen MR) is 105 cm³/mol. The quantitative estimate of drug-likeness (QED) is 0.710. The number of amides is 1. The number of carbonyl (C=O) groups is 1. The van der Waals surface area contributed by atoms with E-state index in [4.69, 9.17) is 9.47 Å². The average molecular weight is 356 g/mol. The van der Waals surface area contributed by atoms with E-state index in [0.717, 1.165) is 36.5 Å². The third kappa shape index (κ3) is 5.99. The Labute approximate surface area is 155 Å². The number of rotatable bonds is 10. The van der Waals surface area contributed by atoms with Crippen LogP contribution >= 0.6 is 0 Å². The minimum absolute atomic E-state index is 0.0182. The molecule has 0 radical (unpaired) electrons. The summed E-state index contributed by atoms with van der Waals surface area (Å²) in [4.78, 5) is 14.2. The molecular formula is C21H28N2O3. The number of anilines is 1. The van der Waals surface area contributed by atoms with E-state index in [9.17, 15) is 4.79 Å². The molecule has 0 saturated heterocycles. The Kier molecular flexibility index (Phi) is 7.80. The zero-order valence-electron chi connectivity index (χ0n) is 15.8. The van der Waals surface area contributed by atoms with Crippen LogP contribution in [-0.4, -0.2) is 39.3 Å². The van der Waals surface area contributed by atoms with Crippen LogP contribution < -0.4 is 19.7 Å². The van der Waals surface area contributed by atoms with E-state index in [1.165, 1.54) is 0 Å². The fourth-order valence-corrected chi connectivity index (χ4v) is 2.70. The van der Waals surface area contributed by atoms with Gasteiger partial charge in [-0.1, -0.05) is 18.2 Å². The molecule has 2 aromatic carbocycles. The average Bonchev–Trinajstić information content (AvgIpc) is 2.68. The zero-order valence-corrected chi connectivity index (χ0v) is 15.8. The predicted octanol–water partition coefficient (Wildman–Crippen LogP) is 3.28. The molecule has 0 aliphatic carbocycles. The molecule has 0 heterocycles. The first kappa shape index (κ1) is 19.6. The standard InChI is InChI=1S/C21H28N2O3/c1-4-23(5-2)18-7-6-8-20(15-18)26-16-21(24)22-14-13-17-9-11-19(25-3)12-10-17/h6-12,15H,4-5,13-14,16H2,1-3H3,(H,22,24).